The zero-order chi connectivity index (χ0) is 18.6. The van der Waals surface area contributed by atoms with E-state index in [0.717, 1.165) is 31.1 Å². The first-order valence-electron chi connectivity index (χ1n) is 8.98. The van der Waals surface area contributed by atoms with Crippen molar-refractivity contribution in [1.82, 2.24) is 9.72 Å². The predicted octanol–water partition coefficient (Wildman–Crippen LogP) is 2.54. The molecule has 1 unspecified atom stereocenters. The Hall–Kier alpha value is -2.12. The first-order valence-corrected chi connectivity index (χ1v) is 8.98. The van der Waals surface area contributed by atoms with Gasteiger partial charge in [0.05, 0.1) is 17.4 Å². The van der Waals surface area contributed by atoms with Crippen molar-refractivity contribution in [1.29, 1.82) is 0 Å². The number of aryl methyl sites for hydroxylation is 1. The van der Waals surface area contributed by atoms with Gasteiger partial charge in [-0.1, -0.05) is 0 Å². The standard InChI is InChI=1S/C19H22FN3O3.ClH/c1-10-8-22(6-5-21-10)17-11(2)16-13(12-3-4-12)7-14(19(25)26)18(24)23(16)9-15(17)20;/h7,9-10,12,21H,3-6,8H2,1-2H3,(H,25,26);1H. The number of nitrogens with zero attached hydrogens (tertiary/aromatic N) is 2. The SMILES string of the molecule is Cc1c(N2CCNC(C)C2)c(F)cn2c(=O)c(C(=O)O)cc(C3CC3)c12.Cl. The number of pyridine rings is 2. The van der Waals surface area contributed by atoms with E-state index in [-0.39, 0.29) is 29.9 Å². The molecule has 1 saturated carbocycles. The van der Waals surface area contributed by atoms with Crippen LogP contribution in [-0.4, -0.2) is 41.2 Å². The molecule has 2 aromatic rings. The van der Waals surface area contributed by atoms with E-state index in [1.165, 1.54) is 10.5 Å². The Labute approximate surface area is 162 Å². The minimum atomic E-state index is -1.27. The summed E-state index contributed by atoms with van der Waals surface area (Å²) in [6.45, 7) is 6.02. The molecule has 1 saturated heterocycles. The van der Waals surface area contributed by atoms with Crippen LogP contribution in [0.2, 0.25) is 0 Å². The summed E-state index contributed by atoms with van der Waals surface area (Å²) in [6.07, 6.45) is 3.08. The van der Waals surface area contributed by atoms with Crippen molar-refractivity contribution in [2.24, 2.45) is 0 Å². The highest BCUT2D eigenvalue weighted by Gasteiger charge is 2.31. The number of aromatic carboxylic acids is 1. The van der Waals surface area contributed by atoms with Gasteiger partial charge in [0.25, 0.3) is 5.56 Å². The van der Waals surface area contributed by atoms with Gasteiger partial charge in [0, 0.05) is 25.7 Å². The molecule has 2 fully saturated rings. The van der Waals surface area contributed by atoms with Crippen molar-refractivity contribution in [2.45, 2.75) is 38.6 Å². The molecule has 1 aliphatic carbocycles. The fourth-order valence-electron chi connectivity index (χ4n) is 4.02. The highest BCUT2D eigenvalue weighted by Crippen LogP contribution is 2.43. The van der Waals surface area contributed by atoms with Gasteiger partial charge in [0.1, 0.15) is 5.56 Å². The Morgan fingerprint density at radius 2 is 2.07 bits per heavy atom. The molecule has 8 heteroatoms. The summed E-state index contributed by atoms with van der Waals surface area (Å²) < 4.78 is 16.2. The molecule has 2 aromatic heterocycles. The van der Waals surface area contributed by atoms with Crippen molar-refractivity contribution in [2.75, 3.05) is 24.5 Å². The van der Waals surface area contributed by atoms with Crippen LogP contribution in [0.15, 0.2) is 17.1 Å². The number of hydrogen-bond acceptors (Lipinski definition) is 4. The molecule has 0 amide bonds. The van der Waals surface area contributed by atoms with E-state index in [9.17, 15) is 19.1 Å². The molecule has 0 radical (unpaired) electrons. The van der Waals surface area contributed by atoms with Gasteiger partial charge >= 0.3 is 5.97 Å². The van der Waals surface area contributed by atoms with Gasteiger partial charge in [-0.2, -0.15) is 0 Å². The van der Waals surface area contributed by atoms with Crippen LogP contribution in [0.4, 0.5) is 10.1 Å². The number of carboxylic acid groups (broad SMARTS) is 1. The molecule has 0 bridgehead atoms. The third-order valence-electron chi connectivity index (χ3n) is 5.38. The fourth-order valence-corrected chi connectivity index (χ4v) is 4.02. The number of carboxylic acids is 1. The maximum atomic E-state index is 15.0. The number of fused-ring (bicyclic) bond motifs is 1. The number of rotatable bonds is 3. The largest absolute Gasteiger partial charge is 0.477 e. The molecular weight excluding hydrogens is 373 g/mol. The molecule has 0 aromatic carbocycles. The molecule has 2 aliphatic rings. The van der Waals surface area contributed by atoms with Gasteiger partial charge in [0.2, 0.25) is 0 Å². The highest BCUT2D eigenvalue weighted by atomic mass is 35.5. The number of halogens is 2. The number of carbonyl (C=O) groups is 1. The smallest absolute Gasteiger partial charge is 0.341 e. The van der Waals surface area contributed by atoms with E-state index in [1.807, 2.05) is 11.8 Å². The van der Waals surface area contributed by atoms with Crippen LogP contribution in [0.1, 0.15) is 47.2 Å². The zero-order valence-corrected chi connectivity index (χ0v) is 16.1. The highest BCUT2D eigenvalue weighted by molar-refractivity contribution is 5.89. The molecule has 1 atom stereocenters. The van der Waals surface area contributed by atoms with Gasteiger partial charge in [-0.15, -0.1) is 12.4 Å². The summed E-state index contributed by atoms with van der Waals surface area (Å²) in [5, 5.41) is 12.7. The summed E-state index contributed by atoms with van der Waals surface area (Å²) in [6, 6.07) is 1.74. The Morgan fingerprint density at radius 1 is 1.37 bits per heavy atom. The summed E-state index contributed by atoms with van der Waals surface area (Å²) in [5.74, 6) is -1.53. The molecule has 146 valence electrons. The number of hydrogen-bond donors (Lipinski definition) is 2. The average molecular weight is 396 g/mol. The van der Waals surface area contributed by atoms with Crippen LogP contribution in [0.5, 0.6) is 0 Å². The van der Waals surface area contributed by atoms with Crippen molar-refractivity contribution in [3.63, 3.8) is 0 Å². The van der Waals surface area contributed by atoms with Gasteiger partial charge in [-0.3, -0.25) is 9.20 Å². The molecule has 6 nitrogen and oxygen atoms in total. The van der Waals surface area contributed by atoms with E-state index in [0.29, 0.717) is 29.9 Å². The number of piperazine rings is 1. The number of nitrogens with one attached hydrogen (secondary N) is 1. The lowest BCUT2D eigenvalue weighted by Gasteiger charge is -2.35. The predicted molar refractivity (Wildman–Crippen MR) is 104 cm³/mol. The second-order valence-electron chi connectivity index (χ2n) is 7.37. The summed E-state index contributed by atoms with van der Waals surface area (Å²) in [4.78, 5) is 26.1. The Kier molecular flexibility index (Phi) is 5.18. The molecular formula is C19H23ClFN3O3. The van der Waals surface area contributed by atoms with Crippen molar-refractivity contribution >= 4 is 29.6 Å². The minimum Gasteiger partial charge on any atom is -0.477 e. The van der Waals surface area contributed by atoms with E-state index in [2.05, 4.69) is 12.2 Å². The Bertz CT molecular complexity index is 971. The van der Waals surface area contributed by atoms with Crippen molar-refractivity contribution in [3.05, 3.63) is 45.1 Å². The molecule has 2 N–H and O–H groups in total. The summed E-state index contributed by atoms with van der Waals surface area (Å²) >= 11 is 0. The van der Waals surface area contributed by atoms with Gasteiger partial charge in [-0.25, -0.2) is 9.18 Å². The van der Waals surface area contributed by atoms with Crippen LogP contribution < -0.4 is 15.8 Å². The quantitative estimate of drug-likeness (QED) is 0.835. The lowest BCUT2D eigenvalue weighted by Crippen LogP contribution is -2.49. The zero-order valence-electron chi connectivity index (χ0n) is 15.3. The monoisotopic (exact) mass is 395 g/mol. The van der Waals surface area contributed by atoms with Crippen LogP contribution in [0, 0.1) is 12.7 Å². The number of anilines is 1. The Balaban J connectivity index is 0.00000210. The van der Waals surface area contributed by atoms with Crippen LogP contribution >= 0.6 is 12.4 Å². The topological polar surface area (TPSA) is 74.0 Å². The first-order chi connectivity index (χ1) is 12.4. The number of aromatic nitrogens is 1. The first kappa shape index (κ1) is 19.6. The summed E-state index contributed by atoms with van der Waals surface area (Å²) in [7, 11) is 0. The third-order valence-corrected chi connectivity index (χ3v) is 5.38. The van der Waals surface area contributed by atoms with E-state index in [1.54, 1.807) is 0 Å². The lowest BCUT2D eigenvalue weighted by atomic mass is 10.0. The molecule has 1 aliphatic heterocycles. The maximum absolute atomic E-state index is 15.0. The van der Waals surface area contributed by atoms with Crippen LogP contribution in [-0.2, 0) is 0 Å². The fraction of sp³-hybridized carbons (Fsp3) is 0.474. The maximum Gasteiger partial charge on any atom is 0.341 e. The molecule has 4 rings (SSSR count). The van der Waals surface area contributed by atoms with E-state index >= 15 is 0 Å². The second-order valence-corrected chi connectivity index (χ2v) is 7.37. The molecule has 3 heterocycles. The normalized spacial score (nSPS) is 19.8. The van der Waals surface area contributed by atoms with E-state index < -0.39 is 17.3 Å². The van der Waals surface area contributed by atoms with Gasteiger partial charge < -0.3 is 15.3 Å². The third kappa shape index (κ3) is 3.30. The van der Waals surface area contributed by atoms with Gasteiger partial charge in [0.15, 0.2) is 5.82 Å². The Morgan fingerprint density at radius 3 is 2.67 bits per heavy atom. The average Bonchev–Trinajstić information content (AvgIpc) is 3.40. The molecule has 27 heavy (non-hydrogen) atoms. The van der Waals surface area contributed by atoms with Crippen LogP contribution in [0.25, 0.3) is 5.52 Å². The lowest BCUT2D eigenvalue weighted by molar-refractivity contribution is 0.0694. The minimum absolute atomic E-state index is 0. The van der Waals surface area contributed by atoms with Gasteiger partial charge in [-0.05, 0) is 49.8 Å². The summed E-state index contributed by atoms with van der Waals surface area (Å²) in [5.41, 5.74) is 1.73. The van der Waals surface area contributed by atoms with E-state index in [4.69, 9.17) is 0 Å². The van der Waals surface area contributed by atoms with Crippen LogP contribution in [0.3, 0.4) is 0 Å². The van der Waals surface area contributed by atoms with Crippen molar-refractivity contribution < 1.29 is 14.3 Å². The molecule has 0 spiro atoms. The second kappa shape index (κ2) is 7.13. The van der Waals surface area contributed by atoms with Crippen molar-refractivity contribution in [3.8, 4) is 0 Å².